The largest absolute Gasteiger partial charge is 0.237 e. The van der Waals surface area contributed by atoms with Gasteiger partial charge in [-0.25, -0.2) is 4.85 Å². The van der Waals surface area contributed by atoms with E-state index in [0.717, 1.165) is 0 Å². The second-order valence-electron chi connectivity index (χ2n) is 1.86. The Morgan fingerprint density at radius 3 is 2.73 bits per heavy atom. The SMILES string of the molecule is [C-]#[N+]c1cccc(Cl)c1C#N. The van der Waals surface area contributed by atoms with Gasteiger partial charge in [-0.15, -0.1) is 0 Å². The number of nitrogens with zero attached hydrogens (tertiary/aromatic N) is 2. The monoisotopic (exact) mass is 162 g/mol. The van der Waals surface area contributed by atoms with Crippen molar-refractivity contribution in [2.75, 3.05) is 0 Å². The van der Waals surface area contributed by atoms with Gasteiger partial charge in [-0.05, 0) is 6.07 Å². The third-order valence-corrected chi connectivity index (χ3v) is 1.54. The minimum absolute atomic E-state index is 0.254. The first kappa shape index (κ1) is 7.60. The number of halogens is 1. The van der Waals surface area contributed by atoms with Crippen LogP contribution < -0.4 is 0 Å². The van der Waals surface area contributed by atoms with E-state index < -0.39 is 0 Å². The standard InChI is InChI=1S/C8H3ClN2/c1-11-8-4-2-3-7(9)6(8)5-10/h2-4H. The number of nitriles is 1. The average Bonchev–Trinajstić information content (AvgIpc) is 2.04. The molecule has 0 atom stereocenters. The molecule has 0 unspecified atom stereocenters. The van der Waals surface area contributed by atoms with Gasteiger partial charge in [-0.1, -0.05) is 23.7 Å². The van der Waals surface area contributed by atoms with Crippen molar-refractivity contribution in [2.24, 2.45) is 0 Å². The molecular formula is C8H3ClN2. The van der Waals surface area contributed by atoms with Crippen molar-refractivity contribution in [1.82, 2.24) is 0 Å². The molecule has 1 aromatic rings. The molecule has 2 nitrogen and oxygen atoms in total. The first-order chi connectivity index (χ1) is 5.29. The maximum Gasteiger partial charge on any atom is 0.206 e. The van der Waals surface area contributed by atoms with Crippen molar-refractivity contribution in [3.63, 3.8) is 0 Å². The van der Waals surface area contributed by atoms with Gasteiger partial charge in [0, 0.05) is 5.02 Å². The van der Waals surface area contributed by atoms with Crippen molar-refractivity contribution < 1.29 is 0 Å². The minimum Gasteiger partial charge on any atom is -0.237 e. The topological polar surface area (TPSA) is 28.1 Å². The molecule has 0 aromatic heterocycles. The van der Waals surface area contributed by atoms with Crippen LogP contribution in [0.25, 0.3) is 4.85 Å². The molecule has 0 fully saturated rings. The lowest BCUT2D eigenvalue weighted by Gasteiger charge is -1.94. The van der Waals surface area contributed by atoms with Gasteiger partial charge in [0.1, 0.15) is 0 Å². The van der Waals surface area contributed by atoms with E-state index in [0.29, 0.717) is 10.7 Å². The van der Waals surface area contributed by atoms with Gasteiger partial charge < -0.3 is 0 Å². The molecule has 0 aliphatic rings. The molecule has 0 saturated carbocycles. The first-order valence-corrected chi connectivity index (χ1v) is 3.23. The van der Waals surface area contributed by atoms with Gasteiger partial charge in [0.25, 0.3) is 0 Å². The lowest BCUT2D eigenvalue weighted by atomic mass is 10.2. The molecule has 52 valence electrons. The van der Waals surface area contributed by atoms with Crippen molar-refractivity contribution in [3.8, 4) is 6.07 Å². The molecular weight excluding hydrogens is 160 g/mol. The fourth-order valence-electron chi connectivity index (χ4n) is 0.717. The van der Waals surface area contributed by atoms with Gasteiger partial charge in [0.2, 0.25) is 5.69 Å². The summed E-state index contributed by atoms with van der Waals surface area (Å²) in [6, 6.07) is 6.68. The zero-order valence-electron chi connectivity index (χ0n) is 5.50. The molecule has 3 heteroatoms. The lowest BCUT2D eigenvalue weighted by molar-refractivity contribution is 1.49. The Morgan fingerprint density at radius 2 is 2.27 bits per heavy atom. The Labute approximate surface area is 69.5 Å². The molecule has 0 spiro atoms. The fourth-order valence-corrected chi connectivity index (χ4v) is 0.928. The van der Waals surface area contributed by atoms with E-state index in [1.54, 1.807) is 18.2 Å². The molecule has 0 saturated heterocycles. The van der Waals surface area contributed by atoms with Gasteiger partial charge in [-0.2, -0.15) is 5.26 Å². The van der Waals surface area contributed by atoms with Crippen LogP contribution in [0.15, 0.2) is 18.2 Å². The van der Waals surface area contributed by atoms with Crippen LogP contribution in [0, 0.1) is 17.9 Å². The van der Waals surface area contributed by atoms with Crippen LogP contribution in [0.1, 0.15) is 5.56 Å². The van der Waals surface area contributed by atoms with Gasteiger partial charge in [0.15, 0.2) is 0 Å². The first-order valence-electron chi connectivity index (χ1n) is 2.85. The molecule has 0 amide bonds. The molecule has 0 aliphatic carbocycles. The van der Waals surface area contributed by atoms with Crippen LogP contribution >= 0.6 is 11.6 Å². The summed E-state index contributed by atoms with van der Waals surface area (Å²) in [6.45, 7) is 6.70. The highest BCUT2D eigenvalue weighted by Gasteiger charge is 2.03. The zero-order valence-corrected chi connectivity index (χ0v) is 6.26. The number of hydrogen-bond donors (Lipinski definition) is 0. The van der Waals surface area contributed by atoms with Crippen LogP contribution in [-0.2, 0) is 0 Å². The Morgan fingerprint density at radius 1 is 1.55 bits per heavy atom. The Bertz CT molecular complexity index is 357. The van der Waals surface area contributed by atoms with Crippen molar-refractivity contribution in [1.29, 1.82) is 5.26 Å². The van der Waals surface area contributed by atoms with E-state index in [4.69, 9.17) is 23.4 Å². The quantitative estimate of drug-likeness (QED) is 0.539. The smallest absolute Gasteiger partial charge is 0.206 e. The van der Waals surface area contributed by atoms with Crippen LogP contribution in [0.2, 0.25) is 5.02 Å². The van der Waals surface area contributed by atoms with Gasteiger partial charge in [-0.3, -0.25) is 0 Å². The van der Waals surface area contributed by atoms with Gasteiger partial charge >= 0.3 is 0 Å². The van der Waals surface area contributed by atoms with E-state index in [2.05, 4.69) is 4.85 Å². The number of benzene rings is 1. The molecule has 0 bridgehead atoms. The fraction of sp³-hybridized carbons (Fsp3) is 0. The Balaban J connectivity index is 3.42. The van der Waals surface area contributed by atoms with E-state index in [9.17, 15) is 0 Å². The number of rotatable bonds is 0. The predicted octanol–water partition coefficient (Wildman–Crippen LogP) is 2.76. The minimum atomic E-state index is 0.254. The average molecular weight is 163 g/mol. The van der Waals surface area contributed by atoms with Crippen LogP contribution in [0.3, 0.4) is 0 Å². The van der Waals surface area contributed by atoms with Crippen molar-refractivity contribution in [2.45, 2.75) is 0 Å². The van der Waals surface area contributed by atoms with E-state index >= 15 is 0 Å². The summed E-state index contributed by atoms with van der Waals surface area (Å²) in [6.07, 6.45) is 0. The normalized spacial score (nSPS) is 8.27. The highest BCUT2D eigenvalue weighted by atomic mass is 35.5. The molecule has 0 heterocycles. The molecule has 0 radical (unpaired) electrons. The van der Waals surface area contributed by atoms with E-state index in [-0.39, 0.29) is 5.56 Å². The Hall–Kier alpha value is -1.51. The molecule has 11 heavy (non-hydrogen) atoms. The van der Waals surface area contributed by atoms with E-state index in [1.165, 1.54) is 0 Å². The highest BCUT2D eigenvalue weighted by molar-refractivity contribution is 6.32. The van der Waals surface area contributed by atoms with Crippen LogP contribution in [0.4, 0.5) is 5.69 Å². The summed E-state index contributed by atoms with van der Waals surface area (Å²) >= 11 is 5.64. The molecule has 1 aromatic carbocycles. The molecule has 0 N–H and O–H groups in total. The predicted molar refractivity (Wildman–Crippen MR) is 42.4 cm³/mol. The summed E-state index contributed by atoms with van der Waals surface area (Å²) < 4.78 is 0. The van der Waals surface area contributed by atoms with Crippen LogP contribution in [-0.4, -0.2) is 0 Å². The second-order valence-corrected chi connectivity index (χ2v) is 2.26. The third kappa shape index (κ3) is 1.32. The maximum absolute atomic E-state index is 8.55. The zero-order chi connectivity index (χ0) is 8.27. The van der Waals surface area contributed by atoms with E-state index in [1.807, 2.05) is 6.07 Å². The van der Waals surface area contributed by atoms with Gasteiger partial charge in [0.05, 0.1) is 18.2 Å². The van der Waals surface area contributed by atoms with Crippen LogP contribution in [0.5, 0.6) is 0 Å². The Kier molecular flexibility index (Phi) is 2.11. The summed E-state index contributed by atoms with van der Waals surface area (Å²) in [4.78, 5) is 3.15. The molecule has 1 rings (SSSR count). The maximum atomic E-state index is 8.55. The molecule has 0 aliphatic heterocycles. The summed E-state index contributed by atoms with van der Waals surface area (Å²) in [5.74, 6) is 0. The number of hydrogen-bond acceptors (Lipinski definition) is 1. The lowest BCUT2D eigenvalue weighted by Crippen LogP contribution is -1.75. The summed E-state index contributed by atoms with van der Waals surface area (Å²) in [7, 11) is 0. The van der Waals surface area contributed by atoms with Crippen molar-refractivity contribution in [3.05, 3.63) is 40.2 Å². The highest BCUT2D eigenvalue weighted by Crippen LogP contribution is 2.25. The summed E-state index contributed by atoms with van der Waals surface area (Å²) in [5.41, 5.74) is 0.559. The second kappa shape index (κ2) is 3.05. The third-order valence-electron chi connectivity index (χ3n) is 1.22. The van der Waals surface area contributed by atoms with Crippen molar-refractivity contribution >= 4 is 17.3 Å². The summed E-state index contributed by atoms with van der Waals surface area (Å²) in [5, 5.41) is 8.89.